The lowest BCUT2D eigenvalue weighted by atomic mass is 10.1. The molecule has 3 aromatic rings. The van der Waals surface area contributed by atoms with Gasteiger partial charge in [0.05, 0.1) is 31.2 Å². The average molecular weight is 424 g/mol. The van der Waals surface area contributed by atoms with Gasteiger partial charge in [-0.25, -0.2) is 4.99 Å². The van der Waals surface area contributed by atoms with Crippen molar-refractivity contribution in [2.45, 2.75) is 20.4 Å². The Morgan fingerprint density at radius 3 is 2.53 bits per heavy atom. The van der Waals surface area contributed by atoms with E-state index < -0.39 is 0 Å². The Morgan fingerprint density at radius 1 is 1.03 bits per heavy atom. The van der Waals surface area contributed by atoms with Gasteiger partial charge in [0, 0.05) is 31.6 Å². The zero-order valence-corrected chi connectivity index (χ0v) is 18.5. The number of hydrogen-bond donors (Lipinski definition) is 0. The first-order chi connectivity index (χ1) is 14.7. The number of benzene rings is 2. The summed E-state index contributed by atoms with van der Waals surface area (Å²) < 4.78 is 13.5. The summed E-state index contributed by atoms with van der Waals surface area (Å²) in [6.07, 6.45) is 0. The molecule has 0 atom stereocenters. The van der Waals surface area contributed by atoms with E-state index in [0.29, 0.717) is 6.61 Å². The summed E-state index contributed by atoms with van der Waals surface area (Å²) in [6, 6.07) is 16.6. The molecule has 0 radical (unpaired) electrons. The fourth-order valence-electron chi connectivity index (χ4n) is 3.61. The third-order valence-corrected chi connectivity index (χ3v) is 6.20. The molecule has 1 saturated heterocycles. The quantitative estimate of drug-likeness (QED) is 0.562. The van der Waals surface area contributed by atoms with E-state index in [2.05, 4.69) is 52.1 Å². The van der Waals surface area contributed by atoms with Crippen molar-refractivity contribution in [3.63, 3.8) is 0 Å². The van der Waals surface area contributed by atoms with E-state index in [4.69, 9.17) is 14.5 Å². The summed E-state index contributed by atoms with van der Waals surface area (Å²) in [5.74, 6) is 0.904. The normalized spacial score (nSPS) is 15.5. The predicted octanol–water partition coefficient (Wildman–Crippen LogP) is 4.49. The van der Waals surface area contributed by atoms with Gasteiger partial charge < -0.3 is 14.0 Å². The van der Waals surface area contributed by atoms with E-state index >= 15 is 0 Å². The highest BCUT2D eigenvalue weighted by Crippen LogP contribution is 2.24. The number of morpholine rings is 1. The van der Waals surface area contributed by atoms with Crippen LogP contribution in [0.15, 0.2) is 58.9 Å². The van der Waals surface area contributed by atoms with Crippen molar-refractivity contribution in [3.05, 3.63) is 64.3 Å². The fourth-order valence-corrected chi connectivity index (χ4v) is 4.56. The van der Waals surface area contributed by atoms with E-state index in [1.54, 1.807) is 11.3 Å². The second kappa shape index (κ2) is 10.1. The van der Waals surface area contributed by atoms with E-state index in [-0.39, 0.29) is 0 Å². The van der Waals surface area contributed by atoms with Crippen LogP contribution >= 0.6 is 11.3 Å². The van der Waals surface area contributed by atoms with Crippen molar-refractivity contribution in [3.8, 4) is 17.0 Å². The molecule has 0 N–H and O–H groups in total. The monoisotopic (exact) mass is 423 g/mol. The maximum Gasteiger partial charge on any atom is 0.190 e. The molecule has 4 rings (SSSR count). The first-order valence-corrected chi connectivity index (χ1v) is 11.4. The number of aryl methyl sites for hydroxylation is 1. The summed E-state index contributed by atoms with van der Waals surface area (Å²) in [7, 11) is 0. The average Bonchev–Trinajstić information content (AvgIpc) is 3.18. The van der Waals surface area contributed by atoms with Crippen LogP contribution in [0.3, 0.4) is 0 Å². The van der Waals surface area contributed by atoms with Crippen LogP contribution < -0.4 is 9.54 Å². The minimum atomic E-state index is 0.677. The first kappa shape index (κ1) is 20.8. The Balaban J connectivity index is 1.68. The third kappa shape index (κ3) is 5.01. The van der Waals surface area contributed by atoms with Crippen LogP contribution in [0.4, 0.5) is 5.69 Å². The minimum absolute atomic E-state index is 0.677. The van der Waals surface area contributed by atoms with Crippen LogP contribution in [0.25, 0.3) is 11.3 Å². The predicted molar refractivity (Wildman–Crippen MR) is 123 cm³/mol. The molecule has 158 valence electrons. The van der Waals surface area contributed by atoms with Gasteiger partial charge in [0.25, 0.3) is 0 Å². The van der Waals surface area contributed by atoms with Crippen molar-refractivity contribution in [1.29, 1.82) is 0 Å². The molecule has 1 aliphatic rings. The van der Waals surface area contributed by atoms with Crippen molar-refractivity contribution in [1.82, 2.24) is 9.47 Å². The Bertz CT molecular complexity index is 1020. The summed E-state index contributed by atoms with van der Waals surface area (Å²) in [4.78, 5) is 8.51. The number of aromatic nitrogens is 1. The van der Waals surface area contributed by atoms with Crippen LogP contribution in [-0.4, -0.2) is 48.9 Å². The standard InChI is InChI=1S/C24H29N3O2S/c1-3-29-21-10-8-20(9-11-21)23-18-30-24(25-22-7-5-4-6-19(22)2)27(23)13-12-26-14-16-28-17-15-26/h4-11,18H,3,12-17H2,1-2H3. The zero-order valence-electron chi connectivity index (χ0n) is 17.7. The molecule has 2 aromatic carbocycles. The maximum atomic E-state index is 5.61. The number of para-hydroxylation sites is 1. The van der Waals surface area contributed by atoms with E-state index in [1.165, 1.54) is 16.8 Å². The zero-order chi connectivity index (χ0) is 20.8. The van der Waals surface area contributed by atoms with Gasteiger partial charge in [-0.2, -0.15) is 0 Å². The van der Waals surface area contributed by atoms with Gasteiger partial charge in [-0.3, -0.25) is 4.90 Å². The van der Waals surface area contributed by atoms with Crippen LogP contribution in [0, 0.1) is 6.92 Å². The third-order valence-electron chi connectivity index (χ3n) is 5.33. The van der Waals surface area contributed by atoms with Crippen molar-refractivity contribution < 1.29 is 9.47 Å². The molecule has 6 heteroatoms. The number of nitrogens with zero attached hydrogens (tertiary/aromatic N) is 3. The lowest BCUT2D eigenvalue weighted by Crippen LogP contribution is -2.39. The van der Waals surface area contributed by atoms with Crippen molar-refractivity contribution >= 4 is 17.0 Å². The van der Waals surface area contributed by atoms with Gasteiger partial charge in [-0.15, -0.1) is 11.3 Å². The van der Waals surface area contributed by atoms with E-state index in [9.17, 15) is 0 Å². The smallest absolute Gasteiger partial charge is 0.190 e. The molecule has 1 fully saturated rings. The Morgan fingerprint density at radius 2 is 1.80 bits per heavy atom. The second-order valence-corrected chi connectivity index (χ2v) is 8.20. The first-order valence-electron chi connectivity index (χ1n) is 10.6. The number of hydrogen-bond acceptors (Lipinski definition) is 5. The number of thiazole rings is 1. The van der Waals surface area contributed by atoms with Gasteiger partial charge in [0.1, 0.15) is 5.75 Å². The van der Waals surface area contributed by atoms with Gasteiger partial charge >= 0.3 is 0 Å². The maximum absolute atomic E-state index is 5.61. The lowest BCUT2D eigenvalue weighted by molar-refractivity contribution is 0.0363. The number of ether oxygens (including phenoxy) is 2. The summed E-state index contributed by atoms with van der Waals surface area (Å²) in [6.45, 7) is 10.3. The Kier molecular flexibility index (Phi) is 7.00. The number of rotatable bonds is 7. The van der Waals surface area contributed by atoms with Gasteiger partial charge in [-0.1, -0.05) is 18.2 Å². The highest BCUT2D eigenvalue weighted by molar-refractivity contribution is 7.07. The SMILES string of the molecule is CCOc1ccc(-c2csc(=Nc3ccccc3C)n2CCN2CCOCC2)cc1. The molecule has 1 aromatic heterocycles. The molecule has 0 bridgehead atoms. The molecular weight excluding hydrogens is 394 g/mol. The Hall–Kier alpha value is -2.41. The highest BCUT2D eigenvalue weighted by atomic mass is 32.1. The Labute approximate surface area is 182 Å². The topological polar surface area (TPSA) is 39.0 Å². The summed E-state index contributed by atoms with van der Waals surface area (Å²) >= 11 is 1.70. The molecule has 0 aliphatic carbocycles. The van der Waals surface area contributed by atoms with Crippen LogP contribution in [-0.2, 0) is 11.3 Å². The molecule has 5 nitrogen and oxygen atoms in total. The van der Waals surface area contributed by atoms with Gasteiger partial charge in [0.2, 0.25) is 0 Å². The van der Waals surface area contributed by atoms with Crippen molar-refractivity contribution in [2.24, 2.45) is 4.99 Å². The van der Waals surface area contributed by atoms with Crippen LogP contribution in [0.2, 0.25) is 0 Å². The molecule has 0 saturated carbocycles. The molecule has 1 aliphatic heterocycles. The summed E-state index contributed by atoms with van der Waals surface area (Å²) in [5.41, 5.74) is 4.59. The van der Waals surface area contributed by atoms with Crippen LogP contribution in [0.5, 0.6) is 5.75 Å². The minimum Gasteiger partial charge on any atom is -0.494 e. The highest BCUT2D eigenvalue weighted by Gasteiger charge is 2.13. The molecule has 0 spiro atoms. The van der Waals surface area contributed by atoms with Crippen molar-refractivity contribution in [2.75, 3.05) is 39.5 Å². The van der Waals surface area contributed by atoms with Gasteiger partial charge in [-0.05, 0) is 55.3 Å². The van der Waals surface area contributed by atoms with Gasteiger partial charge in [0.15, 0.2) is 4.80 Å². The molecule has 30 heavy (non-hydrogen) atoms. The molecular formula is C24H29N3O2S. The largest absolute Gasteiger partial charge is 0.494 e. The molecule has 0 unspecified atom stereocenters. The fraction of sp³-hybridized carbons (Fsp3) is 0.375. The molecule has 2 heterocycles. The lowest BCUT2D eigenvalue weighted by Gasteiger charge is -2.26. The van der Waals surface area contributed by atoms with E-state index in [0.717, 1.165) is 55.6 Å². The molecule has 0 amide bonds. The van der Waals surface area contributed by atoms with Crippen LogP contribution in [0.1, 0.15) is 12.5 Å². The van der Waals surface area contributed by atoms with E-state index in [1.807, 2.05) is 25.1 Å². The second-order valence-electron chi connectivity index (χ2n) is 7.36. The summed E-state index contributed by atoms with van der Waals surface area (Å²) in [5, 5.41) is 2.21.